The van der Waals surface area contributed by atoms with Crippen LogP contribution in [0.3, 0.4) is 0 Å². The highest BCUT2D eigenvalue weighted by molar-refractivity contribution is 7.93. The van der Waals surface area contributed by atoms with Crippen LogP contribution < -0.4 is 9.44 Å². The van der Waals surface area contributed by atoms with Gasteiger partial charge in [0.2, 0.25) is 0 Å². The van der Waals surface area contributed by atoms with Crippen LogP contribution in [-0.4, -0.2) is 32.5 Å². The van der Waals surface area contributed by atoms with Crippen LogP contribution in [0.15, 0.2) is 82.6 Å². The number of hydrogen-bond acceptors (Lipinski definition) is 9. The van der Waals surface area contributed by atoms with Gasteiger partial charge in [-0.2, -0.15) is 0 Å². The van der Waals surface area contributed by atoms with Crippen LogP contribution in [0, 0.1) is 34.1 Å². The van der Waals surface area contributed by atoms with Gasteiger partial charge in [0.1, 0.15) is 0 Å². The summed E-state index contributed by atoms with van der Waals surface area (Å²) in [7, 11) is -8.91. The van der Waals surface area contributed by atoms with Crippen molar-refractivity contribution in [1.82, 2.24) is 0 Å². The largest absolute Gasteiger partial charge is 0.289 e. The van der Waals surface area contributed by atoms with Crippen molar-refractivity contribution in [2.45, 2.75) is 23.6 Å². The van der Waals surface area contributed by atoms with Gasteiger partial charge < -0.3 is 0 Å². The maximum absolute atomic E-state index is 13.5. The number of benzene rings is 4. The second-order valence-electron chi connectivity index (χ2n) is 9.52. The summed E-state index contributed by atoms with van der Waals surface area (Å²) >= 11 is 0. The highest BCUT2D eigenvalue weighted by atomic mass is 32.2. The average molecular weight is 609 g/mol. The Labute approximate surface area is 239 Å². The molecule has 0 heterocycles. The summed E-state index contributed by atoms with van der Waals surface area (Å²) in [4.78, 5) is 34.5. The summed E-state index contributed by atoms with van der Waals surface area (Å²) in [5.74, 6) is -1.01. The number of ketones is 1. The molecule has 0 atom stereocenters. The zero-order valence-corrected chi connectivity index (χ0v) is 23.4. The number of aryl methyl sites for hydroxylation is 2. The van der Waals surface area contributed by atoms with E-state index in [2.05, 4.69) is 9.44 Å². The highest BCUT2D eigenvalue weighted by Crippen LogP contribution is 2.49. The van der Waals surface area contributed by atoms with Crippen LogP contribution in [0.4, 0.5) is 22.7 Å². The molecule has 0 aromatic heterocycles. The Morgan fingerprint density at radius 1 is 0.595 bits per heavy atom. The van der Waals surface area contributed by atoms with Crippen LogP contribution in [0.1, 0.15) is 27.0 Å². The zero-order chi connectivity index (χ0) is 30.6. The third kappa shape index (κ3) is 5.06. The van der Waals surface area contributed by atoms with E-state index in [-0.39, 0.29) is 11.4 Å². The van der Waals surface area contributed by atoms with E-state index in [4.69, 9.17) is 0 Å². The third-order valence-corrected chi connectivity index (χ3v) is 9.26. The Balaban J connectivity index is 1.66. The van der Waals surface area contributed by atoms with Crippen molar-refractivity contribution in [3.05, 3.63) is 115 Å². The summed E-state index contributed by atoms with van der Waals surface area (Å²) in [5, 5.41) is 24.2. The van der Waals surface area contributed by atoms with E-state index in [0.29, 0.717) is 12.1 Å². The molecular formula is C27H20N4O9S2. The summed E-state index contributed by atoms with van der Waals surface area (Å²) in [6.07, 6.45) is 0. The first-order chi connectivity index (χ1) is 19.7. The van der Waals surface area contributed by atoms with Gasteiger partial charge in [-0.1, -0.05) is 35.4 Å². The van der Waals surface area contributed by atoms with Gasteiger partial charge in [-0.3, -0.25) is 34.5 Å². The molecule has 0 radical (unpaired) electrons. The molecule has 1 aliphatic rings. The SMILES string of the molecule is Cc1ccc(NS(=O)(=O)c2cc3c(c([N+](=O)[O-])c2)-c2c(cc(S(=O)(=O)Nc4ccc(C)cc4)cc2[N+](=O)[O-])C3=O)cc1. The molecule has 0 bridgehead atoms. The van der Waals surface area contributed by atoms with Crippen molar-refractivity contribution >= 4 is 48.6 Å². The van der Waals surface area contributed by atoms with Gasteiger partial charge in [0.15, 0.2) is 5.78 Å². The Morgan fingerprint density at radius 3 is 1.24 bits per heavy atom. The topological polar surface area (TPSA) is 196 Å². The fourth-order valence-electron chi connectivity index (χ4n) is 4.50. The first-order valence-electron chi connectivity index (χ1n) is 12.1. The van der Waals surface area contributed by atoms with E-state index in [1.165, 1.54) is 24.3 Å². The summed E-state index contributed by atoms with van der Waals surface area (Å²) in [5.41, 5.74) is -1.67. The molecule has 0 amide bonds. The van der Waals surface area contributed by atoms with Gasteiger partial charge >= 0.3 is 0 Å². The van der Waals surface area contributed by atoms with E-state index in [1.54, 1.807) is 38.1 Å². The second-order valence-corrected chi connectivity index (χ2v) is 12.9. The number of nitro benzene ring substituents is 2. The predicted octanol–water partition coefficient (Wildman–Crippen LogP) is 4.93. The Bertz CT molecular complexity index is 1890. The molecule has 0 saturated heterocycles. The first-order valence-corrected chi connectivity index (χ1v) is 15.0. The molecule has 0 fully saturated rings. The molecule has 0 unspecified atom stereocenters. The molecule has 5 rings (SSSR count). The number of carbonyl (C=O) groups is 1. The number of nitrogens with one attached hydrogen (secondary N) is 2. The van der Waals surface area contributed by atoms with Crippen LogP contribution in [0.5, 0.6) is 0 Å². The quantitative estimate of drug-likeness (QED) is 0.181. The third-order valence-electron chi connectivity index (χ3n) is 6.54. The van der Waals surface area contributed by atoms with E-state index in [1.807, 2.05) is 0 Å². The summed E-state index contributed by atoms with van der Waals surface area (Å²) in [6.45, 7) is 3.58. The summed E-state index contributed by atoms with van der Waals surface area (Å²) in [6, 6.07) is 15.6. The fraction of sp³-hybridized carbons (Fsp3) is 0.0741. The minimum absolute atomic E-state index is 0.157. The average Bonchev–Trinajstić information content (AvgIpc) is 3.21. The van der Waals surface area contributed by atoms with Crippen LogP contribution >= 0.6 is 0 Å². The lowest BCUT2D eigenvalue weighted by Gasteiger charge is -2.11. The van der Waals surface area contributed by atoms with Crippen molar-refractivity contribution in [2.24, 2.45) is 0 Å². The van der Waals surface area contributed by atoms with Gasteiger partial charge in [-0.05, 0) is 50.2 Å². The maximum Gasteiger partial charge on any atom is 0.279 e. The number of anilines is 2. The zero-order valence-electron chi connectivity index (χ0n) is 21.8. The Kier molecular flexibility index (Phi) is 6.79. The molecule has 0 spiro atoms. The first kappa shape index (κ1) is 28.4. The van der Waals surface area contributed by atoms with E-state index < -0.39 is 79.1 Å². The molecule has 2 N–H and O–H groups in total. The molecule has 42 heavy (non-hydrogen) atoms. The van der Waals surface area contributed by atoms with Gasteiger partial charge in [0.25, 0.3) is 31.4 Å². The Morgan fingerprint density at radius 2 is 0.929 bits per heavy atom. The molecule has 1 aliphatic carbocycles. The van der Waals surface area contributed by atoms with Crippen molar-refractivity contribution in [1.29, 1.82) is 0 Å². The van der Waals surface area contributed by atoms with Crippen LogP contribution in [0.2, 0.25) is 0 Å². The van der Waals surface area contributed by atoms with Gasteiger partial charge in [-0.15, -0.1) is 0 Å². The molecular weight excluding hydrogens is 588 g/mol. The molecule has 214 valence electrons. The normalized spacial score (nSPS) is 12.4. The lowest BCUT2D eigenvalue weighted by atomic mass is 10.0. The van der Waals surface area contributed by atoms with Crippen molar-refractivity contribution in [3.63, 3.8) is 0 Å². The number of nitro groups is 2. The number of hydrogen-bond donors (Lipinski definition) is 2. The highest BCUT2D eigenvalue weighted by Gasteiger charge is 2.41. The van der Waals surface area contributed by atoms with Crippen molar-refractivity contribution in [3.8, 4) is 11.1 Å². The van der Waals surface area contributed by atoms with Gasteiger partial charge in [0, 0.05) is 34.6 Å². The van der Waals surface area contributed by atoms with Crippen LogP contribution in [0.25, 0.3) is 11.1 Å². The number of fused-ring (bicyclic) bond motifs is 3. The number of nitrogens with zero attached hydrogens (tertiary/aromatic N) is 2. The van der Waals surface area contributed by atoms with Gasteiger partial charge in [0.05, 0.1) is 30.8 Å². The molecule has 13 nitrogen and oxygen atoms in total. The maximum atomic E-state index is 13.5. The standard InChI is InChI=1S/C27H20N4O9S2/c1-15-3-7-17(8-4-15)28-41(37,38)19-11-21-25(23(13-19)30(33)34)26-22(27(21)32)12-20(14-24(26)31(35)36)42(39,40)29-18-9-5-16(2)6-10-18/h3-14,28-29H,1-2H3. The number of carbonyl (C=O) groups excluding carboxylic acids is 1. The van der Waals surface area contributed by atoms with Crippen molar-refractivity contribution < 1.29 is 31.5 Å². The van der Waals surface area contributed by atoms with Crippen LogP contribution in [-0.2, 0) is 20.0 Å². The van der Waals surface area contributed by atoms with Gasteiger partial charge in [-0.25, -0.2) is 16.8 Å². The Hall–Kier alpha value is -5.15. The minimum atomic E-state index is -4.46. The molecule has 0 aliphatic heterocycles. The molecule has 0 saturated carbocycles. The smallest absolute Gasteiger partial charge is 0.279 e. The van der Waals surface area contributed by atoms with E-state index >= 15 is 0 Å². The van der Waals surface area contributed by atoms with Crippen molar-refractivity contribution in [2.75, 3.05) is 9.44 Å². The monoisotopic (exact) mass is 608 g/mol. The lowest BCUT2D eigenvalue weighted by molar-refractivity contribution is -0.386. The number of rotatable bonds is 8. The summed E-state index contributed by atoms with van der Waals surface area (Å²) < 4.78 is 57.2. The van der Waals surface area contributed by atoms with E-state index in [0.717, 1.165) is 23.3 Å². The fourth-order valence-corrected chi connectivity index (χ4v) is 6.71. The predicted molar refractivity (Wildman–Crippen MR) is 153 cm³/mol. The molecule has 4 aromatic rings. The molecule has 15 heteroatoms. The number of sulfonamides is 2. The van der Waals surface area contributed by atoms with E-state index in [9.17, 15) is 41.9 Å². The minimum Gasteiger partial charge on any atom is -0.289 e. The lowest BCUT2D eigenvalue weighted by Crippen LogP contribution is -2.14. The second kappa shape index (κ2) is 10.0. The molecule has 4 aromatic carbocycles.